The Labute approximate surface area is 120 Å². The number of halogens is 1. The summed E-state index contributed by atoms with van der Waals surface area (Å²) in [6.07, 6.45) is 0. The third kappa shape index (κ3) is 3.94. The molecular formula is C13H14ClN3OS. The van der Waals surface area contributed by atoms with E-state index in [0.29, 0.717) is 10.2 Å². The van der Waals surface area contributed by atoms with Crippen LogP contribution in [0.1, 0.15) is 12.6 Å². The predicted molar refractivity (Wildman–Crippen MR) is 80.0 cm³/mol. The van der Waals surface area contributed by atoms with Crippen molar-refractivity contribution in [3.05, 3.63) is 40.4 Å². The molecule has 0 bridgehead atoms. The Hall–Kier alpha value is -1.59. The van der Waals surface area contributed by atoms with Gasteiger partial charge in [-0.2, -0.15) is 0 Å². The first-order chi connectivity index (χ1) is 9.04. The van der Waals surface area contributed by atoms with Crippen LogP contribution in [-0.4, -0.2) is 16.9 Å². The number of thiazole rings is 1. The van der Waals surface area contributed by atoms with Gasteiger partial charge in [-0.25, -0.2) is 4.98 Å². The van der Waals surface area contributed by atoms with Gasteiger partial charge in [-0.15, -0.1) is 11.3 Å². The van der Waals surface area contributed by atoms with Crippen LogP contribution >= 0.6 is 22.9 Å². The van der Waals surface area contributed by atoms with Crippen LogP contribution in [0.25, 0.3) is 0 Å². The summed E-state index contributed by atoms with van der Waals surface area (Å²) < 4.78 is 0. The van der Waals surface area contributed by atoms with E-state index in [9.17, 15) is 4.79 Å². The van der Waals surface area contributed by atoms with E-state index >= 15 is 0 Å². The first-order valence-electron chi connectivity index (χ1n) is 5.79. The van der Waals surface area contributed by atoms with Gasteiger partial charge in [0.1, 0.15) is 6.04 Å². The van der Waals surface area contributed by atoms with Gasteiger partial charge in [0.15, 0.2) is 5.13 Å². The number of benzene rings is 1. The maximum absolute atomic E-state index is 12.0. The summed E-state index contributed by atoms with van der Waals surface area (Å²) in [4.78, 5) is 16.2. The number of hydrogen-bond acceptors (Lipinski definition) is 4. The molecule has 2 N–H and O–H groups in total. The number of hydrogen-bond donors (Lipinski definition) is 2. The Bertz CT molecular complexity index is 568. The summed E-state index contributed by atoms with van der Waals surface area (Å²) in [5.74, 6) is -0.121. The molecule has 0 fully saturated rings. The highest BCUT2D eigenvalue weighted by atomic mass is 35.5. The standard InChI is InChI=1S/C13H14ClN3OS/c1-8-7-19-13(15-8)17-12(18)9(2)16-11-5-3-10(14)4-6-11/h3-7,9,16H,1-2H3,(H,15,17,18)/t9-/m1/s1. The Balaban J connectivity index is 1.94. The maximum atomic E-state index is 12.0. The molecule has 100 valence electrons. The van der Waals surface area contributed by atoms with Crippen LogP contribution < -0.4 is 10.6 Å². The lowest BCUT2D eigenvalue weighted by Crippen LogP contribution is -2.31. The molecule has 1 heterocycles. The van der Waals surface area contributed by atoms with E-state index in [1.165, 1.54) is 11.3 Å². The number of carbonyl (C=O) groups is 1. The van der Waals surface area contributed by atoms with Crippen molar-refractivity contribution in [1.29, 1.82) is 0 Å². The monoisotopic (exact) mass is 295 g/mol. The van der Waals surface area contributed by atoms with Crippen LogP contribution in [0.4, 0.5) is 10.8 Å². The highest BCUT2D eigenvalue weighted by Crippen LogP contribution is 2.16. The van der Waals surface area contributed by atoms with E-state index in [0.717, 1.165) is 11.4 Å². The zero-order chi connectivity index (χ0) is 13.8. The smallest absolute Gasteiger partial charge is 0.248 e. The Kier molecular flexibility index (Phi) is 4.39. The second kappa shape index (κ2) is 6.04. The molecule has 1 atom stereocenters. The van der Waals surface area contributed by atoms with E-state index in [4.69, 9.17) is 11.6 Å². The van der Waals surface area contributed by atoms with Crippen LogP contribution in [0.5, 0.6) is 0 Å². The number of anilines is 2. The molecule has 0 radical (unpaired) electrons. The molecule has 2 aromatic rings. The highest BCUT2D eigenvalue weighted by Gasteiger charge is 2.14. The van der Waals surface area contributed by atoms with Crippen LogP contribution in [0.2, 0.25) is 5.02 Å². The molecule has 0 aliphatic heterocycles. The second-order valence-corrected chi connectivity index (χ2v) is 5.45. The number of rotatable bonds is 4. The minimum atomic E-state index is -0.356. The molecule has 19 heavy (non-hydrogen) atoms. The zero-order valence-corrected chi connectivity index (χ0v) is 12.2. The Morgan fingerprint density at radius 3 is 2.63 bits per heavy atom. The van der Waals surface area contributed by atoms with Gasteiger partial charge in [0, 0.05) is 16.1 Å². The van der Waals surface area contributed by atoms with Crippen molar-refractivity contribution in [3.63, 3.8) is 0 Å². The van der Waals surface area contributed by atoms with Gasteiger partial charge >= 0.3 is 0 Å². The summed E-state index contributed by atoms with van der Waals surface area (Å²) in [5, 5.41) is 9.06. The maximum Gasteiger partial charge on any atom is 0.248 e. The lowest BCUT2D eigenvalue weighted by molar-refractivity contribution is -0.116. The Morgan fingerprint density at radius 1 is 1.37 bits per heavy atom. The summed E-state index contributed by atoms with van der Waals surface area (Å²) >= 11 is 7.22. The van der Waals surface area contributed by atoms with Crippen molar-refractivity contribution in [2.75, 3.05) is 10.6 Å². The molecule has 0 spiro atoms. The van der Waals surface area contributed by atoms with Crippen molar-refractivity contribution in [3.8, 4) is 0 Å². The minimum Gasteiger partial charge on any atom is -0.374 e. The summed E-state index contributed by atoms with van der Waals surface area (Å²) in [6, 6.07) is 6.86. The number of nitrogens with one attached hydrogen (secondary N) is 2. The van der Waals surface area contributed by atoms with E-state index < -0.39 is 0 Å². The quantitative estimate of drug-likeness (QED) is 0.907. The van der Waals surface area contributed by atoms with Gasteiger partial charge in [-0.1, -0.05) is 11.6 Å². The van der Waals surface area contributed by atoms with Crippen LogP contribution in [-0.2, 0) is 4.79 Å². The normalized spacial score (nSPS) is 11.9. The van der Waals surface area contributed by atoms with Gasteiger partial charge < -0.3 is 10.6 Å². The van der Waals surface area contributed by atoms with Crippen LogP contribution in [0, 0.1) is 6.92 Å². The fraction of sp³-hybridized carbons (Fsp3) is 0.231. The average molecular weight is 296 g/mol. The Morgan fingerprint density at radius 2 is 2.05 bits per heavy atom. The number of carbonyl (C=O) groups excluding carboxylic acids is 1. The first kappa shape index (κ1) is 13.8. The molecule has 2 rings (SSSR count). The number of amides is 1. The molecule has 4 nitrogen and oxygen atoms in total. The fourth-order valence-corrected chi connectivity index (χ4v) is 2.30. The third-order valence-corrected chi connectivity index (χ3v) is 3.60. The number of nitrogens with zero attached hydrogens (tertiary/aromatic N) is 1. The molecule has 1 aromatic heterocycles. The molecular weight excluding hydrogens is 282 g/mol. The summed E-state index contributed by atoms with van der Waals surface area (Å²) in [7, 11) is 0. The molecule has 6 heteroatoms. The first-order valence-corrected chi connectivity index (χ1v) is 7.05. The molecule has 0 aliphatic carbocycles. The summed E-state index contributed by atoms with van der Waals surface area (Å²) in [6.45, 7) is 3.69. The van der Waals surface area contributed by atoms with E-state index in [-0.39, 0.29) is 11.9 Å². The van der Waals surface area contributed by atoms with E-state index in [1.54, 1.807) is 19.1 Å². The van der Waals surface area contributed by atoms with Crippen molar-refractivity contribution < 1.29 is 4.79 Å². The third-order valence-electron chi connectivity index (χ3n) is 2.47. The van der Waals surface area contributed by atoms with Crippen LogP contribution in [0.3, 0.4) is 0 Å². The fourth-order valence-electron chi connectivity index (χ4n) is 1.49. The van der Waals surface area contributed by atoms with Gasteiger partial charge in [-0.05, 0) is 38.1 Å². The van der Waals surface area contributed by atoms with Gasteiger partial charge in [0.05, 0.1) is 5.69 Å². The topological polar surface area (TPSA) is 54.0 Å². The molecule has 0 aliphatic rings. The SMILES string of the molecule is Cc1csc(NC(=O)[C@@H](C)Nc2ccc(Cl)cc2)n1. The minimum absolute atomic E-state index is 0.121. The predicted octanol–water partition coefficient (Wildman–Crippen LogP) is 3.54. The highest BCUT2D eigenvalue weighted by molar-refractivity contribution is 7.13. The molecule has 0 unspecified atom stereocenters. The molecule has 1 amide bonds. The van der Waals surface area contributed by atoms with Crippen molar-refractivity contribution in [2.45, 2.75) is 19.9 Å². The molecule has 0 saturated carbocycles. The van der Waals surface area contributed by atoms with Crippen LogP contribution in [0.15, 0.2) is 29.6 Å². The van der Waals surface area contributed by atoms with Gasteiger partial charge in [0.2, 0.25) is 5.91 Å². The molecule has 0 saturated heterocycles. The molecule has 1 aromatic carbocycles. The number of aromatic nitrogens is 1. The van der Waals surface area contributed by atoms with Crippen molar-refractivity contribution in [2.24, 2.45) is 0 Å². The van der Waals surface area contributed by atoms with Crippen molar-refractivity contribution in [1.82, 2.24) is 4.98 Å². The lowest BCUT2D eigenvalue weighted by atomic mass is 10.2. The van der Waals surface area contributed by atoms with Gasteiger partial charge in [0.25, 0.3) is 0 Å². The largest absolute Gasteiger partial charge is 0.374 e. The summed E-state index contributed by atoms with van der Waals surface area (Å²) in [5.41, 5.74) is 1.75. The number of aryl methyl sites for hydroxylation is 1. The second-order valence-electron chi connectivity index (χ2n) is 4.16. The zero-order valence-electron chi connectivity index (χ0n) is 10.6. The van der Waals surface area contributed by atoms with E-state index in [2.05, 4.69) is 15.6 Å². The van der Waals surface area contributed by atoms with Gasteiger partial charge in [-0.3, -0.25) is 4.79 Å². The lowest BCUT2D eigenvalue weighted by Gasteiger charge is -2.14. The van der Waals surface area contributed by atoms with E-state index in [1.807, 2.05) is 24.4 Å². The van der Waals surface area contributed by atoms with Crippen molar-refractivity contribution >= 4 is 39.7 Å². The average Bonchev–Trinajstić information content (AvgIpc) is 2.77.